The van der Waals surface area contributed by atoms with Gasteiger partial charge in [-0.3, -0.25) is 15.1 Å². The van der Waals surface area contributed by atoms with Crippen molar-refractivity contribution in [1.82, 2.24) is 0 Å². The average Bonchev–Trinajstić information content (AvgIpc) is 2.20. The van der Waals surface area contributed by atoms with E-state index in [0.29, 0.717) is 0 Å². The van der Waals surface area contributed by atoms with Crippen LogP contribution >= 0.6 is 0 Å². The number of nitro groups is 1. The monoisotopic (exact) mass is 204 g/mol. The molecule has 0 saturated heterocycles. The van der Waals surface area contributed by atoms with Crippen LogP contribution in [-0.4, -0.2) is 22.8 Å². The quantitative estimate of drug-likeness (QED) is 0.349. The molecular weight excluding hydrogens is 196 g/mol. The Kier molecular flexibility index (Phi) is 3.41. The molecule has 0 fully saturated rings. The molecule has 0 aliphatic heterocycles. The van der Waals surface area contributed by atoms with Crippen molar-refractivity contribution in [3.63, 3.8) is 0 Å². The van der Waals surface area contributed by atoms with Gasteiger partial charge >= 0.3 is 0 Å². The molecule has 1 aromatic rings. The lowest BCUT2D eigenvalue weighted by Gasteiger charge is -1.97. The number of rotatable bonds is 3. The molecule has 15 heavy (non-hydrogen) atoms. The first kappa shape index (κ1) is 10.7. The van der Waals surface area contributed by atoms with E-state index in [1.165, 1.54) is 24.4 Å². The van der Waals surface area contributed by atoms with Crippen molar-refractivity contribution in [1.29, 1.82) is 0 Å². The number of nitro benzene ring substituents is 1. The van der Waals surface area contributed by atoms with Gasteiger partial charge in [-0.05, 0) is 6.07 Å². The highest BCUT2D eigenvalue weighted by molar-refractivity contribution is 5.84. The maximum Gasteiger partial charge on any atom is 0.270 e. The van der Waals surface area contributed by atoms with E-state index in [4.69, 9.17) is 6.42 Å². The molecular formula is C10H8N2O3. The molecule has 0 atom stereocenters. The van der Waals surface area contributed by atoms with Crippen molar-refractivity contribution in [2.24, 2.45) is 4.99 Å². The molecule has 5 heteroatoms. The van der Waals surface area contributed by atoms with Crippen LogP contribution in [-0.2, 0) is 0 Å². The average molecular weight is 204 g/mol. The van der Waals surface area contributed by atoms with Crippen molar-refractivity contribution in [3.05, 3.63) is 33.9 Å². The predicted molar refractivity (Wildman–Crippen MR) is 56.1 cm³/mol. The third-order valence-corrected chi connectivity index (χ3v) is 1.63. The standard InChI is InChI=1S/C10H8N2O3/c1-2-5-11-7-8-6-9(12(14)15)3-4-10(8)13/h1,3-4,6-7,13H,5H2. The van der Waals surface area contributed by atoms with Gasteiger partial charge in [0.05, 0.1) is 11.5 Å². The summed E-state index contributed by atoms with van der Waals surface area (Å²) in [5.41, 5.74) is 0.175. The maximum absolute atomic E-state index is 10.4. The van der Waals surface area contributed by atoms with E-state index in [2.05, 4.69) is 10.9 Å². The molecule has 0 spiro atoms. The highest BCUT2D eigenvalue weighted by Gasteiger charge is 2.08. The molecule has 0 radical (unpaired) electrons. The fraction of sp³-hybridized carbons (Fsp3) is 0.100. The summed E-state index contributed by atoms with van der Waals surface area (Å²) in [6.07, 6.45) is 6.28. The van der Waals surface area contributed by atoms with E-state index < -0.39 is 4.92 Å². The molecule has 1 rings (SSSR count). The van der Waals surface area contributed by atoms with E-state index in [0.717, 1.165) is 0 Å². The highest BCUT2D eigenvalue weighted by Crippen LogP contribution is 2.21. The molecule has 0 bridgehead atoms. The number of aliphatic imine (C=N–C) groups is 1. The van der Waals surface area contributed by atoms with E-state index in [-0.39, 0.29) is 23.5 Å². The van der Waals surface area contributed by atoms with Crippen molar-refractivity contribution >= 4 is 11.9 Å². The van der Waals surface area contributed by atoms with Crippen LogP contribution < -0.4 is 0 Å². The van der Waals surface area contributed by atoms with Crippen molar-refractivity contribution in [3.8, 4) is 18.1 Å². The second kappa shape index (κ2) is 4.77. The number of benzene rings is 1. The summed E-state index contributed by atoms with van der Waals surface area (Å²) >= 11 is 0. The lowest BCUT2D eigenvalue weighted by atomic mass is 10.2. The Morgan fingerprint density at radius 1 is 1.67 bits per heavy atom. The van der Waals surface area contributed by atoms with Gasteiger partial charge in [-0.15, -0.1) is 6.42 Å². The lowest BCUT2D eigenvalue weighted by molar-refractivity contribution is -0.384. The summed E-state index contributed by atoms with van der Waals surface area (Å²) in [6, 6.07) is 3.69. The second-order valence-corrected chi connectivity index (χ2v) is 2.67. The minimum Gasteiger partial charge on any atom is -0.507 e. The van der Waals surface area contributed by atoms with Gasteiger partial charge < -0.3 is 5.11 Å². The topological polar surface area (TPSA) is 75.7 Å². The van der Waals surface area contributed by atoms with Gasteiger partial charge in [0.15, 0.2) is 0 Å². The van der Waals surface area contributed by atoms with Crippen LogP contribution in [0.4, 0.5) is 5.69 Å². The first-order chi connectivity index (χ1) is 7.15. The SMILES string of the molecule is C#CCN=Cc1cc([N+](=O)[O-])ccc1O. The molecule has 0 unspecified atom stereocenters. The maximum atomic E-state index is 10.4. The van der Waals surface area contributed by atoms with Gasteiger partial charge in [0.2, 0.25) is 0 Å². The van der Waals surface area contributed by atoms with Gasteiger partial charge in [0, 0.05) is 23.9 Å². The third-order valence-electron chi connectivity index (χ3n) is 1.63. The highest BCUT2D eigenvalue weighted by atomic mass is 16.6. The van der Waals surface area contributed by atoms with Gasteiger partial charge in [0.25, 0.3) is 5.69 Å². The second-order valence-electron chi connectivity index (χ2n) is 2.67. The van der Waals surface area contributed by atoms with Crippen molar-refractivity contribution in [2.75, 3.05) is 6.54 Å². The number of hydrogen-bond acceptors (Lipinski definition) is 4. The van der Waals surface area contributed by atoms with Crippen molar-refractivity contribution < 1.29 is 10.0 Å². The van der Waals surface area contributed by atoms with Crippen LogP contribution in [0.5, 0.6) is 5.75 Å². The number of terminal acetylenes is 1. The first-order valence-corrected chi connectivity index (χ1v) is 4.06. The van der Waals surface area contributed by atoms with E-state index in [1.54, 1.807) is 0 Å². The van der Waals surface area contributed by atoms with Crippen LogP contribution in [0.3, 0.4) is 0 Å². The fourth-order valence-corrected chi connectivity index (χ4v) is 0.956. The molecule has 1 aromatic carbocycles. The Morgan fingerprint density at radius 2 is 2.40 bits per heavy atom. The predicted octanol–water partition coefficient (Wildman–Crippen LogP) is 1.35. The van der Waals surface area contributed by atoms with E-state index in [1.807, 2.05) is 0 Å². The molecule has 0 heterocycles. The Morgan fingerprint density at radius 3 is 3.00 bits per heavy atom. The number of aromatic hydroxyl groups is 1. The van der Waals surface area contributed by atoms with Gasteiger partial charge in [0.1, 0.15) is 5.75 Å². The van der Waals surface area contributed by atoms with Crippen LogP contribution in [0, 0.1) is 22.5 Å². The lowest BCUT2D eigenvalue weighted by Crippen LogP contribution is -1.90. The Labute approximate surface area is 86.2 Å². The number of phenolic OH excluding ortho intramolecular Hbond substituents is 1. The van der Waals surface area contributed by atoms with Gasteiger partial charge in [-0.2, -0.15) is 0 Å². The molecule has 5 nitrogen and oxygen atoms in total. The zero-order valence-electron chi connectivity index (χ0n) is 7.75. The van der Waals surface area contributed by atoms with E-state index in [9.17, 15) is 15.2 Å². The summed E-state index contributed by atoms with van der Waals surface area (Å²) in [5.74, 6) is 2.21. The minimum absolute atomic E-state index is 0.0682. The number of nitrogens with zero attached hydrogens (tertiary/aromatic N) is 2. The smallest absolute Gasteiger partial charge is 0.270 e. The summed E-state index contributed by atoms with van der Waals surface area (Å²) in [4.78, 5) is 13.7. The minimum atomic E-state index is -0.544. The Balaban J connectivity index is 3.01. The number of phenols is 1. The summed E-state index contributed by atoms with van der Waals surface area (Å²) in [7, 11) is 0. The molecule has 0 aromatic heterocycles. The molecule has 76 valence electrons. The van der Waals surface area contributed by atoms with E-state index >= 15 is 0 Å². The fourth-order valence-electron chi connectivity index (χ4n) is 0.956. The largest absolute Gasteiger partial charge is 0.507 e. The van der Waals surface area contributed by atoms with Crippen molar-refractivity contribution in [2.45, 2.75) is 0 Å². The molecule has 0 aliphatic rings. The normalized spacial score (nSPS) is 10.1. The zero-order chi connectivity index (χ0) is 11.3. The summed E-state index contributed by atoms with van der Waals surface area (Å²) < 4.78 is 0. The van der Waals surface area contributed by atoms with Crippen LogP contribution in [0.15, 0.2) is 23.2 Å². The Bertz CT molecular complexity index is 446. The van der Waals surface area contributed by atoms with Gasteiger partial charge in [-0.1, -0.05) is 5.92 Å². The number of non-ortho nitro benzene ring substituents is 1. The summed E-state index contributed by atoms with van der Waals surface area (Å²) in [6.45, 7) is 0.169. The molecule has 1 N–H and O–H groups in total. The van der Waals surface area contributed by atoms with Crippen LogP contribution in [0.1, 0.15) is 5.56 Å². The van der Waals surface area contributed by atoms with Crippen LogP contribution in [0.2, 0.25) is 0 Å². The zero-order valence-corrected chi connectivity index (χ0v) is 7.75. The molecule has 0 saturated carbocycles. The Hall–Kier alpha value is -2.35. The summed E-state index contributed by atoms with van der Waals surface area (Å²) in [5, 5.41) is 19.8. The molecule has 0 amide bonds. The van der Waals surface area contributed by atoms with Gasteiger partial charge in [-0.25, -0.2) is 0 Å². The third kappa shape index (κ3) is 2.81. The number of hydrogen-bond donors (Lipinski definition) is 1. The first-order valence-electron chi connectivity index (χ1n) is 4.06. The van der Waals surface area contributed by atoms with Crippen LogP contribution in [0.25, 0.3) is 0 Å². The molecule has 0 aliphatic carbocycles.